The minimum Gasteiger partial charge on any atom is -0.355 e. The molecule has 0 bridgehead atoms. The van der Waals surface area contributed by atoms with E-state index in [1.165, 1.54) is 24.8 Å². The highest BCUT2D eigenvalue weighted by molar-refractivity contribution is 9.10. The van der Waals surface area contributed by atoms with Crippen LogP contribution in [0.5, 0.6) is 0 Å². The molecule has 0 radical (unpaired) electrons. The highest BCUT2D eigenvalue weighted by Crippen LogP contribution is 2.43. The first-order chi connectivity index (χ1) is 7.62. The first-order valence-corrected chi connectivity index (χ1v) is 6.42. The zero-order valence-electron chi connectivity index (χ0n) is 9.42. The van der Waals surface area contributed by atoms with Crippen LogP contribution in [0.3, 0.4) is 0 Å². The van der Waals surface area contributed by atoms with E-state index in [4.69, 9.17) is 0 Å². The van der Waals surface area contributed by atoms with Gasteiger partial charge in [0.25, 0.3) is 0 Å². The van der Waals surface area contributed by atoms with E-state index in [-0.39, 0.29) is 11.3 Å². The van der Waals surface area contributed by atoms with Crippen LogP contribution in [0, 0.1) is 0 Å². The van der Waals surface area contributed by atoms with Gasteiger partial charge in [0.15, 0.2) is 0 Å². The maximum Gasteiger partial charge on any atom is 0.216 e. The van der Waals surface area contributed by atoms with Crippen molar-refractivity contribution in [3.8, 4) is 0 Å². The molecule has 1 aliphatic carbocycles. The van der Waals surface area contributed by atoms with E-state index in [0.29, 0.717) is 0 Å². The third-order valence-corrected chi connectivity index (χ3v) is 3.92. The molecule has 16 heavy (non-hydrogen) atoms. The maximum atomic E-state index is 11.0. The van der Waals surface area contributed by atoms with Crippen molar-refractivity contribution in [2.24, 2.45) is 0 Å². The Bertz CT molecular complexity index is 399. The van der Waals surface area contributed by atoms with E-state index < -0.39 is 0 Å². The van der Waals surface area contributed by atoms with Crippen molar-refractivity contribution < 1.29 is 4.79 Å². The Morgan fingerprint density at radius 2 is 2.25 bits per heavy atom. The number of nitrogens with one attached hydrogen (secondary N) is 1. The Labute approximate surface area is 105 Å². The van der Waals surface area contributed by atoms with Gasteiger partial charge in [0.05, 0.1) is 0 Å². The largest absolute Gasteiger partial charge is 0.355 e. The van der Waals surface area contributed by atoms with Crippen LogP contribution in [0.2, 0.25) is 0 Å². The number of rotatable bonds is 3. The monoisotopic (exact) mass is 281 g/mol. The van der Waals surface area contributed by atoms with Crippen molar-refractivity contribution in [3.05, 3.63) is 34.3 Å². The zero-order chi connectivity index (χ0) is 11.6. The molecule has 2 nitrogen and oxygen atoms in total. The molecule has 86 valence electrons. The summed E-state index contributed by atoms with van der Waals surface area (Å²) in [5.41, 5.74) is 1.51. The van der Waals surface area contributed by atoms with E-state index in [1.807, 2.05) is 6.07 Å². The summed E-state index contributed by atoms with van der Waals surface area (Å²) in [7, 11) is 0. The molecule has 1 amide bonds. The molecule has 1 aromatic rings. The predicted molar refractivity (Wildman–Crippen MR) is 68.4 cm³/mol. The van der Waals surface area contributed by atoms with E-state index in [9.17, 15) is 4.79 Å². The summed E-state index contributed by atoms with van der Waals surface area (Å²) in [6, 6.07) is 8.42. The van der Waals surface area contributed by atoms with Crippen LogP contribution < -0.4 is 5.32 Å². The molecule has 0 unspecified atom stereocenters. The molecule has 1 fully saturated rings. The number of amides is 1. The lowest BCUT2D eigenvalue weighted by molar-refractivity contribution is -0.119. The van der Waals surface area contributed by atoms with E-state index in [2.05, 4.69) is 39.4 Å². The van der Waals surface area contributed by atoms with Crippen LogP contribution in [0.1, 0.15) is 31.7 Å². The first-order valence-electron chi connectivity index (χ1n) is 5.63. The molecule has 0 saturated heterocycles. The highest BCUT2D eigenvalue weighted by atomic mass is 79.9. The third-order valence-electron chi connectivity index (χ3n) is 3.42. The fourth-order valence-corrected chi connectivity index (χ4v) is 2.68. The molecule has 0 heterocycles. The van der Waals surface area contributed by atoms with Gasteiger partial charge >= 0.3 is 0 Å². The number of hydrogen-bond donors (Lipinski definition) is 1. The summed E-state index contributed by atoms with van der Waals surface area (Å²) in [6.07, 6.45) is 3.60. The third kappa shape index (κ3) is 2.29. The number of carbonyl (C=O) groups excluding carboxylic acids is 1. The summed E-state index contributed by atoms with van der Waals surface area (Å²) in [4.78, 5) is 11.0. The maximum absolute atomic E-state index is 11.0. The summed E-state index contributed by atoms with van der Waals surface area (Å²) in [6.45, 7) is 2.34. The quantitative estimate of drug-likeness (QED) is 0.907. The molecule has 0 aromatic heterocycles. The molecular formula is C13H16BrNO. The molecule has 1 N–H and O–H groups in total. The van der Waals surface area contributed by atoms with Gasteiger partial charge in [-0.1, -0.05) is 34.5 Å². The van der Waals surface area contributed by atoms with Gasteiger partial charge in [-0.25, -0.2) is 0 Å². The second-order valence-electron chi connectivity index (χ2n) is 4.55. The second kappa shape index (κ2) is 4.58. The molecule has 3 heteroatoms. The van der Waals surface area contributed by atoms with Crippen molar-refractivity contribution in [1.29, 1.82) is 0 Å². The minimum absolute atomic E-state index is 0.0567. The number of hydrogen-bond acceptors (Lipinski definition) is 1. The fourth-order valence-electron chi connectivity index (χ4n) is 2.28. The van der Waals surface area contributed by atoms with Crippen LogP contribution in [-0.4, -0.2) is 12.5 Å². The van der Waals surface area contributed by atoms with Gasteiger partial charge in [0, 0.05) is 23.4 Å². The van der Waals surface area contributed by atoms with Crippen LogP contribution in [0.15, 0.2) is 28.7 Å². The lowest BCUT2D eigenvalue weighted by Crippen LogP contribution is -2.45. The Kier molecular flexibility index (Phi) is 3.33. The summed E-state index contributed by atoms with van der Waals surface area (Å²) >= 11 is 3.50. The molecule has 2 rings (SSSR count). The van der Waals surface area contributed by atoms with Gasteiger partial charge in [0.1, 0.15) is 0 Å². The van der Waals surface area contributed by atoms with Crippen LogP contribution >= 0.6 is 15.9 Å². The van der Waals surface area contributed by atoms with Gasteiger partial charge in [-0.3, -0.25) is 4.79 Å². The van der Waals surface area contributed by atoms with Crippen molar-refractivity contribution in [1.82, 2.24) is 5.32 Å². The summed E-state index contributed by atoms with van der Waals surface area (Å²) in [5, 5.41) is 2.95. The fraction of sp³-hybridized carbons (Fsp3) is 0.462. The molecule has 1 saturated carbocycles. The number of halogens is 1. The van der Waals surface area contributed by atoms with E-state index in [0.717, 1.165) is 11.0 Å². The van der Waals surface area contributed by atoms with Crippen molar-refractivity contribution >= 4 is 21.8 Å². The summed E-state index contributed by atoms with van der Waals surface area (Å²) < 4.78 is 1.11. The standard InChI is InChI=1S/C13H16BrNO/c1-10(16)15-9-13(6-3-7-13)11-4-2-5-12(14)8-11/h2,4-5,8H,3,6-7,9H2,1H3,(H,15,16). The smallest absolute Gasteiger partial charge is 0.216 e. The van der Waals surface area contributed by atoms with Crippen molar-refractivity contribution in [2.75, 3.05) is 6.54 Å². The van der Waals surface area contributed by atoms with Crippen molar-refractivity contribution in [2.45, 2.75) is 31.6 Å². The lowest BCUT2D eigenvalue weighted by atomic mass is 9.64. The first kappa shape index (κ1) is 11.6. The van der Waals surface area contributed by atoms with Crippen molar-refractivity contribution in [3.63, 3.8) is 0 Å². The molecule has 0 spiro atoms. The summed E-state index contributed by atoms with van der Waals surface area (Å²) in [5.74, 6) is 0.0567. The highest BCUT2D eigenvalue weighted by Gasteiger charge is 2.38. The zero-order valence-corrected chi connectivity index (χ0v) is 11.0. The van der Waals surface area contributed by atoms with Gasteiger partial charge < -0.3 is 5.32 Å². The Balaban J connectivity index is 2.17. The Morgan fingerprint density at radius 1 is 1.50 bits per heavy atom. The SMILES string of the molecule is CC(=O)NCC1(c2cccc(Br)c2)CCC1. The van der Waals surface area contributed by atoms with E-state index >= 15 is 0 Å². The predicted octanol–water partition coefficient (Wildman–Crippen LogP) is 3.01. The van der Waals surface area contributed by atoms with Gasteiger partial charge in [-0.05, 0) is 30.5 Å². The average molecular weight is 282 g/mol. The van der Waals surface area contributed by atoms with Gasteiger partial charge in [0.2, 0.25) is 5.91 Å². The molecule has 1 aromatic carbocycles. The Morgan fingerprint density at radius 3 is 2.75 bits per heavy atom. The number of carbonyl (C=O) groups is 1. The average Bonchev–Trinajstić information content (AvgIpc) is 2.15. The van der Waals surface area contributed by atoms with Gasteiger partial charge in [-0.2, -0.15) is 0 Å². The molecule has 1 aliphatic rings. The second-order valence-corrected chi connectivity index (χ2v) is 5.47. The number of benzene rings is 1. The van der Waals surface area contributed by atoms with Crippen LogP contribution in [0.25, 0.3) is 0 Å². The van der Waals surface area contributed by atoms with Gasteiger partial charge in [-0.15, -0.1) is 0 Å². The molecule has 0 aliphatic heterocycles. The lowest BCUT2D eigenvalue weighted by Gasteiger charge is -2.42. The topological polar surface area (TPSA) is 29.1 Å². The minimum atomic E-state index is 0.0567. The normalized spacial score (nSPS) is 17.6. The molecule has 0 atom stereocenters. The van der Waals surface area contributed by atoms with Crippen LogP contribution in [0.4, 0.5) is 0 Å². The van der Waals surface area contributed by atoms with E-state index in [1.54, 1.807) is 6.92 Å². The van der Waals surface area contributed by atoms with Crippen LogP contribution in [-0.2, 0) is 10.2 Å². The molecular weight excluding hydrogens is 266 g/mol. The Hall–Kier alpha value is -0.830.